The predicted octanol–water partition coefficient (Wildman–Crippen LogP) is 2.11. The topological polar surface area (TPSA) is 29.5 Å². The van der Waals surface area contributed by atoms with E-state index in [1.165, 1.54) is 6.07 Å². The predicted molar refractivity (Wildman–Crippen MR) is 48.2 cm³/mol. The van der Waals surface area contributed by atoms with Gasteiger partial charge in [-0.05, 0) is 18.6 Å². The molecule has 0 unspecified atom stereocenters. The summed E-state index contributed by atoms with van der Waals surface area (Å²) in [7, 11) is 0. The first-order valence-electron chi connectivity index (χ1n) is 4.39. The van der Waals surface area contributed by atoms with Gasteiger partial charge in [-0.25, -0.2) is 8.78 Å². The number of aliphatic hydroxyl groups excluding tert-OH is 1. The minimum absolute atomic E-state index is 0.0129. The van der Waals surface area contributed by atoms with Gasteiger partial charge in [0.15, 0.2) is 11.6 Å². The van der Waals surface area contributed by atoms with Gasteiger partial charge in [-0.2, -0.15) is 0 Å². The number of rotatable bonds is 4. The van der Waals surface area contributed by atoms with Gasteiger partial charge in [0.25, 0.3) is 0 Å². The van der Waals surface area contributed by atoms with Gasteiger partial charge in [0.1, 0.15) is 12.4 Å². The number of aliphatic hydroxyl groups is 1. The Kier molecular flexibility index (Phi) is 3.83. The summed E-state index contributed by atoms with van der Waals surface area (Å²) in [5.41, 5.74) is 0. The first-order chi connectivity index (χ1) is 6.63. The molecule has 1 N–H and O–H groups in total. The number of benzene rings is 1. The molecule has 0 spiro atoms. The van der Waals surface area contributed by atoms with Crippen LogP contribution in [0, 0.1) is 11.6 Å². The first-order valence-corrected chi connectivity index (χ1v) is 4.39. The molecule has 1 aromatic carbocycles. The maximum absolute atomic E-state index is 13.0. The molecule has 0 saturated carbocycles. The Morgan fingerprint density at radius 2 is 2.14 bits per heavy atom. The van der Waals surface area contributed by atoms with Crippen molar-refractivity contribution in [3.05, 3.63) is 29.8 Å². The average molecular weight is 202 g/mol. The van der Waals surface area contributed by atoms with E-state index in [1.54, 1.807) is 6.92 Å². The van der Waals surface area contributed by atoms with Crippen LogP contribution in [0.5, 0.6) is 5.75 Å². The van der Waals surface area contributed by atoms with E-state index in [9.17, 15) is 8.78 Å². The fraction of sp³-hybridized carbons (Fsp3) is 0.400. The second-order valence-corrected chi connectivity index (χ2v) is 2.95. The molecule has 1 rings (SSSR count). The highest BCUT2D eigenvalue weighted by Gasteiger charge is 2.07. The minimum atomic E-state index is -0.756. The SMILES string of the molecule is CC[C@H](O)COc1ccc(F)cc1F. The van der Waals surface area contributed by atoms with Gasteiger partial charge in [0.2, 0.25) is 0 Å². The van der Waals surface area contributed by atoms with Crippen molar-refractivity contribution in [2.45, 2.75) is 19.4 Å². The molecular formula is C10H12F2O2. The summed E-state index contributed by atoms with van der Waals surface area (Å²) in [5, 5.41) is 9.14. The van der Waals surface area contributed by atoms with Gasteiger partial charge in [-0.1, -0.05) is 6.92 Å². The third kappa shape index (κ3) is 2.96. The van der Waals surface area contributed by atoms with Gasteiger partial charge in [0.05, 0.1) is 6.10 Å². The van der Waals surface area contributed by atoms with Crippen molar-refractivity contribution in [1.29, 1.82) is 0 Å². The lowest BCUT2D eigenvalue weighted by Gasteiger charge is -2.10. The zero-order chi connectivity index (χ0) is 10.6. The molecule has 0 bridgehead atoms. The van der Waals surface area contributed by atoms with E-state index in [0.29, 0.717) is 6.42 Å². The highest BCUT2D eigenvalue weighted by atomic mass is 19.1. The molecule has 0 aliphatic rings. The molecule has 4 heteroatoms. The Balaban J connectivity index is 2.59. The van der Waals surface area contributed by atoms with Crippen molar-refractivity contribution < 1.29 is 18.6 Å². The van der Waals surface area contributed by atoms with E-state index in [0.717, 1.165) is 12.1 Å². The van der Waals surface area contributed by atoms with E-state index in [4.69, 9.17) is 9.84 Å². The number of ether oxygens (including phenoxy) is 1. The monoisotopic (exact) mass is 202 g/mol. The zero-order valence-electron chi connectivity index (χ0n) is 7.84. The number of hydrogen-bond acceptors (Lipinski definition) is 2. The summed E-state index contributed by atoms with van der Waals surface area (Å²) in [4.78, 5) is 0. The fourth-order valence-electron chi connectivity index (χ4n) is 0.896. The van der Waals surface area contributed by atoms with Gasteiger partial charge >= 0.3 is 0 Å². The molecule has 2 nitrogen and oxygen atoms in total. The minimum Gasteiger partial charge on any atom is -0.488 e. The van der Waals surface area contributed by atoms with Crippen LogP contribution in [-0.4, -0.2) is 17.8 Å². The van der Waals surface area contributed by atoms with E-state index in [-0.39, 0.29) is 12.4 Å². The Morgan fingerprint density at radius 3 is 2.71 bits per heavy atom. The molecule has 0 amide bonds. The van der Waals surface area contributed by atoms with Crippen molar-refractivity contribution >= 4 is 0 Å². The molecule has 0 aliphatic carbocycles. The van der Waals surface area contributed by atoms with Crippen molar-refractivity contribution in [2.24, 2.45) is 0 Å². The zero-order valence-corrected chi connectivity index (χ0v) is 7.84. The van der Waals surface area contributed by atoms with Crippen LogP contribution in [0.2, 0.25) is 0 Å². The van der Waals surface area contributed by atoms with E-state index in [1.807, 2.05) is 0 Å². The summed E-state index contributed by atoms with van der Waals surface area (Å²) < 4.78 is 30.4. The maximum atomic E-state index is 13.0. The van der Waals surface area contributed by atoms with Crippen molar-refractivity contribution in [1.82, 2.24) is 0 Å². The van der Waals surface area contributed by atoms with Crippen LogP contribution >= 0.6 is 0 Å². The Labute approximate surface area is 81.1 Å². The molecule has 0 aromatic heterocycles. The summed E-state index contributed by atoms with van der Waals surface area (Å²) in [6, 6.07) is 3.05. The molecule has 0 fully saturated rings. The molecule has 1 atom stereocenters. The van der Waals surface area contributed by atoms with Crippen LogP contribution in [0.3, 0.4) is 0 Å². The second-order valence-electron chi connectivity index (χ2n) is 2.95. The van der Waals surface area contributed by atoms with E-state index >= 15 is 0 Å². The molecule has 0 aliphatic heterocycles. The molecule has 0 heterocycles. The lowest BCUT2D eigenvalue weighted by atomic mass is 10.3. The second kappa shape index (κ2) is 4.91. The fourth-order valence-corrected chi connectivity index (χ4v) is 0.896. The van der Waals surface area contributed by atoms with Crippen molar-refractivity contribution in [3.63, 3.8) is 0 Å². The number of halogens is 2. The lowest BCUT2D eigenvalue weighted by Crippen LogP contribution is -2.16. The normalized spacial score (nSPS) is 12.6. The molecular weight excluding hydrogens is 190 g/mol. The van der Waals surface area contributed by atoms with Gasteiger partial charge in [-0.15, -0.1) is 0 Å². The van der Waals surface area contributed by atoms with E-state index in [2.05, 4.69) is 0 Å². The van der Waals surface area contributed by atoms with Crippen LogP contribution in [0.4, 0.5) is 8.78 Å². The highest BCUT2D eigenvalue weighted by molar-refractivity contribution is 5.24. The van der Waals surface area contributed by atoms with E-state index < -0.39 is 17.7 Å². The Hall–Kier alpha value is -1.16. The van der Waals surface area contributed by atoms with Gasteiger partial charge < -0.3 is 9.84 Å². The summed E-state index contributed by atoms with van der Waals surface area (Å²) in [6.45, 7) is 1.80. The van der Waals surface area contributed by atoms with Crippen LogP contribution in [0.1, 0.15) is 13.3 Å². The largest absolute Gasteiger partial charge is 0.488 e. The van der Waals surface area contributed by atoms with Crippen molar-refractivity contribution in [2.75, 3.05) is 6.61 Å². The lowest BCUT2D eigenvalue weighted by molar-refractivity contribution is 0.102. The van der Waals surface area contributed by atoms with Crippen molar-refractivity contribution in [3.8, 4) is 5.75 Å². The number of hydrogen-bond donors (Lipinski definition) is 1. The third-order valence-corrected chi connectivity index (χ3v) is 1.80. The third-order valence-electron chi connectivity index (χ3n) is 1.80. The Bertz CT molecular complexity index is 302. The van der Waals surface area contributed by atoms with Crippen LogP contribution < -0.4 is 4.74 Å². The first kappa shape index (κ1) is 10.9. The standard InChI is InChI=1S/C10H12F2O2/c1-2-8(13)6-14-10-4-3-7(11)5-9(10)12/h3-5,8,13H,2,6H2,1H3/t8-/m0/s1. The molecule has 0 saturated heterocycles. The average Bonchev–Trinajstić information content (AvgIpc) is 2.16. The summed E-state index contributed by atoms with van der Waals surface area (Å²) >= 11 is 0. The van der Waals surface area contributed by atoms with Crippen LogP contribution in [0.25, 0.3) is 0 Å². The summed E-state index contributed by atoms with van der Waals surface area (Å²) in [6.07, 6.45) is -0.0949. The van der Waals surface area contributed by atoms with Gasteiger partial charge in [-0.3, -0.25) is 0 Å². The highest BCUT2D eigenvalue weighted by Crippen LogP contribution is 2.17. The molecule has 78 valence electrons. The maximum Gasteiger partial charge on any atom is 0.167 e. The molecule has 14 heavy (non-hydrogen) atoms. The van der Waals surface area contributed by atoms with Crippen LogP contribution in [0.15, 0.2) is 18.2 Å². The van der Waals surface area contributed by atoms with Gasteiger partial charge in [0, 0.05) is 6.07 Å². The smallest absolute Gasteiger partial charge is 0.167 e. The van der Waals surface area contributed by atoms with Crippen LogP contribution in [-0.2, 0) is 0 Å². The quantitative estimate of drug-likeness (QED) is 0.810. The molecule has 1 aromatic rings. The molecule has 0 radical (unpaired) electrons. The Morgan fingerprint density at radius 1 is 1.43 bits per heavy atom. The summed E-state index contributed by atoms with van der Waals surface area (Å²) in [5.74, 6) is -1.45.